The third kappa shape index (κ3) is 4.53. The zero-order chi connectivity index (χ0) is 15.3. The maximum atomic E-state index is 12.2. The average molecular weight is 279 g/mol. The molecule has 0 aliphatic carbocycles. The van der Waals surface area contributed by atoms with Crippen LogP contribution in [0.5, 0.6) is 0 Å². The molecule has 0 aliphatic rings. The number of pyridine rings is 1. The fourth-order valence-electron chi connectivity index (χ4n) is 1.82. The van der Waals surface area contributed by atoms with E-state index in [1.54, 1.807) is 6.07 Å². The Bertz CT molecular complexity index is 500. The van der Waals surface area contributed by atoms with E-state index >= 15 is 0 Å². The van der Waals surface area contributed by atoms with Crippen LogP contribution in [0, 0.1) is 13.8 Å². The lowest BCUT2D eigenvalue weighted by molar-refractivity contribution is -0.137. The number of rotatable bonds is 5. The van der Waals surface area contributed by atoms with Gasteiger partial charge in [0.1, 0.15) is 0 Å². The van der Waals surface area contributed by atoms with Crippen molar-refractivity contribution in [3.05, 3.63) is 23.5 Å². The Hall–Kier alpha value is -2.11. The molecule has 1 aromatic rings. The molecule has 20 heavy (non-hydrogen) atoms. The third-order valence-electron chi connectivity index (χ3n) is 2.92. The molecule has 0 bridgehead atoms. The smallest absolute Gasteiger partial charge is 0.322 e. The van der Waals surface area contributed by atoms with Gasteiger partial charge in [-0.3, -0.25) is 9.78 Å². The predicted octanol–water partition coefficient (Wildman–Crippen LogP) is 2.42. The molecule has 0 saturated heterocycles. The van der Waals surface area contributed by atoms with E-state index in [-0.39, 0.29) is 25.0 Å². The Morgan fingerprint density at radius 3 is 2.50 bits per heavy atom. The van der Waals surface area contributed by atoms with Gasteiger partial charge in [0.15, 0.2) is 0 Å². The molecule has 110 valence electrons. The summed E-state index contributed by atoms with van der Waals surface area (Å²) in [6.45, 7) is 7.58. The molecule has 0 spiro atoms. The molecule has 0 fully saturated rings. The highest BCUT2D eigenvalue weighted by atomic mass is 16.4. The van der Waals surface area contributed by atoms with E-state index in [4.69, 9.17) is 5.11 Å². The molecular formula is C14H21N3O3. The maximum absolute atomic E-state index is 12.2. The molecule has 1 rings (SSSR count). The molecule has 0 saturated carbocycles. The van der Waals surface area contributed by atoms with Crippen LogP contribution in [0.2, 0.25) is 0 Å². The normalized spacial score (nSPS) is 10.4. The molecule has 1 aromatic heterocycles. The van der Waals surface area contributed by atoms with Crippen LogP contribution in [0.4, 0.5) is 10.5 Å². The minimum absolute atomic E-state index is 0.0727. The Morgan fingerprint density at radius 1 is 1.35 bits per heavy atom. The van der Waals surface area contributed by atoms with Crippen LogP contribution in [-0.2, 0) is 4.79 Å². The van der Waals surface area contributed by atoms with Gasteiger partial charge in [0, 0.05) is 18.3 Å². The summed E-state index contributed by atoms with van der Waals surface area (Å²) in [6.07, 6.45) is -0.0727. The number of aliphatic carboxylic acids is 1. The fraction of sp³-hybridized carbons (Fsp3) is 0.500. The number of aryl methyl sites for hydroxylation is 2. The van der Waals surface area contributed by atoms with Gasteiger partial charge in [0.05, 0.1) is 17.8 Å². The molecule has 2 N–H and O–H groups in total. The number of carboxylic acid groups (broad SMARTS) is 1. The quantitative estimate of drug-likeness (QED) is 0.867. The minimum atomic E-state index is -0.920. The molecule has 2 amide bonds. The summed E-state index contributed by atoms with van der Waals surface area (Å²) in [7, 11) is 0. The minimum Gasteiger partial charge on any atom is -0.481 e. The zero-order valence-electron chi connectivity index (χ0n) is 12.3. The van der Waals surface area contributed by atoms with Gasteiger partial charge in [-0.25, -0.2) is 4.79 Å². The van der Waals surface area contributed by atoms with Crippen molar-refractivity contribution < 1.29 is 14.7 Å². The molecule has 6 heteroatoms. The van der Waals surface area contributed by atoms with E-state index in [1.165, 1.54) is 4.90 Å². The first kappa shape index (κ1) is 15.9. The second kappa shape index (κ2) is 6.88. The van der Waals surface area contributed by atoms with Crippen LogP contribution < -0.4 is 5.32 Å². The number of amides is 2. The van der Waals surface area contributed by atoms with Gasteiger partial charge >= 0.3 is 12.0 Å². The number of carbonyl (C=O) groups excluding carboxylic acids is 1. The standard InChI is InChI=1S/C14H21N3O3/c1-9(2)17(8-7-13(18)19)14(20)16-12-6-5-10(3)15-11(12)4/h5-6,9H,7-8H2,1-4H3,(H,16,20)(H,18,19). The van der Waals surface area contributed by atoms with Gasteiger partial charge in [-0.1, -0.05) is 0 Å². The van der Waals surface area contributed by atoms with Crippen molar-refractivity contribution >= 4 is 17.7 Å². The lowest BCUT2D eigenvalue weighted by Gasteiger charge is -2.26. The molecule has 0 atom stereocenters. The van der Waals surface area contributed by atoms with Gasteiger partial charge in [-0.15, -0.1) is 0 Å². The Kier molecular flexibility index (Phi) is 5.49. The summed E-state index contributed by atoms with van der Waals surface area (Å²) < 4.78 is 0. The summed E-state index contributed by atoms with van der Waals surface area (Å²) in [5, 5.41) is 11.5. The van der Waals surface area contributed by atoms with E-state index in [1.807, 2.05) is 33.8 Å². The number of carboxylic acids is 1. The number of urea groups is 1. The lowest BCUT2D eigenvalue weighted by Crippen LogP contribution is -2.41. The first-order chi connectivity index (χ1) is 9.31. The van der Waals surface area contributed by atoms with Gasteiger partial charge in [-0.05, 0) is 39.8 Å². The van der Waals surface area contributed by atoms with Crippen molar-refractivity contribution in [2.75, 3.05) is 11.9 Å². The first-order valence-electron chi connectivity index (χ1n) is 6.55. The van der Waals surface area contributed by atoms with Crippen molar-refractivity contribution in [1.29, 1.82) is 0 Å². The zero-order valence-corrected chi connectivity index (χ0v) is 12.3. The number of carbonyl (C=O) groups is 2. The van der Waals surface area contributed by atoms with Crippen LogP contribution in [0.25, 0.3) is 0 Å². The van der Waals surface area contributed by atoms with Crippen molar-refractivity contribution in [2.24, 2.45) is 0 Å². The molecular weight excluding hydrogens is 258 g/mol. The van der Waals surface area contributed by atoms with Gasteiger partial charge in [0.2, 0.25) is 0 Å². The van der Waals surface area contributed by atoms with Crippen molar-refractivity contribution in [2.45, 2.75) is 40.2 Å². The molecule has 6 nitrogen and oxygen atoms in total. The van der Waals surface area contributed by atoms with E-state index in [9.17, 15) is 9.59 Å². The summed E-state index contributed by atoms with van der Waals surface area (Å²) in [5.74, 6) is -0.920. The van der Waals surface area contributed by atoms with Crippen LogP contribution in [-0.4, -0.2) is 39.6 Å². The molecule has 0 aromatic carbocycles. The molecule has 0 aliphatic heterocycles. The van der Waals surface area contributed by atoms with Gasteiger partial charge < -0.3 is 15.3 Å². The van der Waals surface area contributed by atoms with Crippen LogP contribution in [0.15, 0.2) is 12.1 Å². The Balaban J connectivity index is 2.77. The number of aromatic nitrogens is 1. The monoisotopic (exact) mass is 279 g/mol. The molecule has 0 radical (unpaired) electrons. The Labute approximate surface area is 118 Å². The highest BCUT2D eigenvalue weighted by molar-refractivity contribution is 5.90. The Morgan fingerprint density at radius 2 is 2.00 bits per heavy atom. The summed E-state index contributed by atoms with van der Waals surface area (Å²) in [6, 6.07) is 3.23. The third-order valence-corrected chi connectivity index (χ3v) is 2.92. The second-order valence-corrected chi connectivity index (χ2v) is 4.95. The van der Waals surface area contributed by atoms with E-state index in [0.717, 1.165) is 11.4 Å². The summed E-state index contributed by atoms with van der Waals surface area (Å²) in [5.41, 5.74) is 2.26. The van der Waals surface area contributed by atoms with Gasteiger partial charge in [0.25, 0.3) is 0 Å². The highest BCUT2D eigenvalue weighted by Crippen LogP contribution is 2.14. The predicted molar refractivity (Wildman–Crippen MR) is 76.8 cm³/mol. The number of anilines is 1. The molecule has 0 unspecified atom stereocenters. The number of hydrogen-bond donors (Lipinski definition) is 2. The second-order valence-electron chi connectivity index (χ2n) is 4.95. The van der Waals surface area contributed by atoms with Crippen LogP contribution >= 0.6 is 0 Å². The SMILES string of the molecule is Cc1ccc(NC(=O)N(CCC(=O)O)C(C)C)c(C)n1. The van der Waals surface area contributed by atoms with Crippen molar-refractivity contribution in [1.82, 2.24) is 9.88 Å². The largest absolute Gasteiger partial charge is 0.481 e. The van der Waals surface area contributed by atoms with E-state index < -0.39 is 5.97 Å². The summed E-state index contributed by atoms with van der Waals surface area (Å²) in [4.78, 5) is 28.6. The van der Waals surface area contributed by atoms with E-state index in [2.05, 4.69) is 10.3 Å². The maximum Gasteiger partial charge on any atom is 0.322 e. The van der Waals surface area contributed by atoms with Crippen LogP contribution in [0.3, 0.4) is 0 Å². The fourth-order valence-corrected chi connectivity index (χ4v) is 1.82. The first-order valence-corrected chi connectivity index (χ1v) is 6.55. The van der Waals surface area contributed by atoms with Crippen molar-refractivity contribution in [3.8, 4) is 0 Å². The topological polar surface area (TPSA) is 82.5 Å². The highest BCUT2D eigenvalue weighted by Gasteiger charge is 2.18. The number of hydrogen-bond acceptors (Lipinski definition) is 3. The average Bonchev–Trinajstić information content (AvgIpc) is 2.32. The summed E-state index contributed by atoms with van der Waals surface area (Å²) >= 11 is 0. The molecule has 1 heterocycles. The van der Waals surface area contributed by atoms with Crippen LogP contribution in [0.1, 0.15) is 31.7 Å². The lowest BCUT2D eigenvalue weighted by atomic mass is 10.2. The number of nitrogens with zero attached hydrogens (tertiary/aromatic N) is 2. The van der Waals surface area contributed by atoms with E-state index in [0.29, 0.717) is 5.69 Å². The number of nitrogens with one attached hydrogen (secondary N) is 1. The van der Waals surface area contributed by atoms with Crippen molar-refractivity contribution in [3.63, 3.8) is 0 Å². The van der Waals surface area contributed by atoms with Gasteiger partial charge in [-0.2, -0.15) is 0 Å².